The number of nitrogens with zero attached hydrogens (tertiary/aromatic N) is 4. The molecule has 0 saturated carbocycles. The van der Waals surface area contributed by atoms with Crippen LogP contribution in [0.15, 0.2) is 36.7 Å². The molecule has 2 heterocycles. The van der Waals surface area contributed by atoms with Gasteiger partial charge in [0.1, 0.15) is 22.9 Å². The molecule has 1 aromatic carbocycles. The highest BCUT2D eigenvalue weighted by molar-refractivity contribution is 5.66. The number of aromatic nitrogens is 4. The molecule has 0 radical (unpaired) electrons. The minimum atomic E-state index is 0.0239. The first kappa shape index (κ1) is 12.3. The van der Waals surface area contributed by atoms with E-state index in [1.54, 1.807) is 17.1 Å². The van der Waals surface area contributed by atoms with E-state index in [0.29, 0.717) is 11.4 Å². The molecule has 0 fully saturated rings. The summed E-state index contributed by atoms with van der Waals surface area (Å²) >= 11 is 0. The first-order chi connectivity index (χ1) is 9.58. The molecule has 0 atom stereocenters. The van der Waals surface area contributed by atoms with Crippen molar-refractivity contribution in [3.63, 3.8) is 0 Å². The lowest BCUT2D eigenvalue weighted by Crippen LogP contribution is -2.07. The third kappa shape index (κ3) is 1.82. The largest absolute Gasteiger partial charge is 0.506 e. The minimum absolute atomic E-state index is 0.0239. The average molecular weight is 270 g/mol. The second kappa shape index (κ2) is 4.41. The number of hydrogen-bond acceptors (Lipinski definition) is 4. The summed E-state index contributed by atoms with van der Waals surface area (Å²) in [6.45, 7) is 3.73. The van der Waals surface area contributed by atoms with Crippen molar-refractivity contribution in [3.8, 4) is 22.9 Å². The number of rotatable bonds is 2. The van der Waals surface area contributed by atoms with Crippen LogP contribution >= 0.6 is 0 Å². The van der Waals surface area contributed by atoms with Gasteiger partial charge in [-0.3, -0.25) is 0 Å². The molecule has 0 aliphatic heterocycles. The molecule has 0 spiro atoms. The lowest BCUT2D eigenvalue weighted by molar-refractivity contribution is 0.452. The number of phenols is 2. The van der Waals surface area contributed by atoms with Crippen LogP contribution in [0.3, 0.4) is 0 Å². The first-order valence-electron chi connectivity index (χ1n) is 6.16. The maximum Gasteiger partial charge on any atom is 0.143 e. The maximum atomic E-state index is 10.2. The third-order valence-electron chi connectivity index (χ3n) is 3.10. The van der Waals surface area contributed by atoms with Crippen molar-refractivity contribution in [3.05, 3.63) is 48.0 Å². The Labute approximate surface area is 115 Å². The van der Waals surface area contributed by atoms with Gasteiger partial charge in [0.25, 0.3) is 0 Å². The predicted octanol–water partition coefficient (Wildman–Crippen LogP) is 2.09. The van der Waals surface area contributed by atoms with Gasteiger partial charge in [0.2, 0.25) is 0 Å². The molecule has 2 aromatic heterocycles. The van der Waals surface area contributed by atoms with Crippen LogP contribution in [0.25, 0.3) is 11.4 Å². The van der Waals surface area contributed by atoms with E-state index >= 15 is 0 Å². The van der Waals surface area contributed by atoms with Crippen LogP contribution in [0, 0.1) is 13.8 Å². The Bertz CT molecular complexity index is 773. The fourth-order valence-corrected chi connectivity index (χ4v) is 2.14. The van der Waals surface area contributed by atoms with Gasteiger partial charge in [0.05, 0.1) is 5.69 Å². The van der Waals surface area contributed by atoms with Gasteiger partial charge in [-0.2, -0.15) is 10.2 Å². The van der Waals surface area contributed by atoms with Gasteiger partial charge in [-0.15, -0.1) is 0 Å². The van der Waals surface area contributed by atoms with E-state index in [1.165, 1.54) is 16.8 Å². The average Bonchev–Trinajstić information content (AvgIpc) is 3.01. The smallest absolute Gasteiger partial charge is 0.143 e. The van der Waals surface area contributed by atoms with Crippen LogP contribution in [0.5, 0.6) is 11.5 Å². The molecule has 3 aromatic rings. The summed E-state index contributed by atoms with van der Waals surface area (Å²) < 4.78 is 3.10. The van der Waals surface area contributed by atoms with Crippen LogP contribution in [0.4, 0.5) is 0 Å². The Balaban J connectivity index is 2.34. The molecule has 102 valence electrons. The predicted molar refractivity (Wildman–Crippen MR) is 73.5 cm³/mol. The normalized spacial score (nSPS) is 10.9. The quantitative estimate of drug-likeness (QED) is 0.699. The number of benzene rings is 1. The molecule has 6 nitrogen and oxygen atoms in total. The highest BCUT2D eigenvalue weighted by Crippen LogP contribution is 2.35. The van der Waals surface area contributed by atoms with E-state index in [9.17, 15) is 10.2 Å². The van der Waals surface area contributed by atoms with E-state index in [-0.39, 0.29) is 11.5 Å². The Kier molecular flexibility index (Phi) is 2.71. The molecule has 0 unspecified atom stereocenters. The van der Waals surface area contributed by atoms with Crippen molar-refractivity contribution in [2.45, 2.75) is 13.8 Å². The summed E-state index contributed by atoms with van der Waals surface area (Å²) in [6.07, 6.45) is 3.36. The third-order valence-corrected chi connectivity index (χ3v) is 3.10. The molecule has 20 heavy (non-hydrogen) atoms. The van der Waals surface area contributed by atoms with Crippen molar-refractivity contribution < 1.29 is 10.2 Å². The van der Waals surface area contributed by atoms with Crippen molar-refractivity contribution in [2.24, 2.45) is 0 Å². The van der Waals surface area contributed by atoms with Gasteiger partial charge in [0.15, 0.2) is 0 Å². The highest BCUT2D eigenvalue weighted by Gasteiger charge is 2.18. The SMILES string of the molecule is Cc1ccn(-c2c(O)ccc(O)c2-n2nccc2C)n1. The maximum absolute atomic E-state index is 10.2. The summed E-state index contributed by atoms with van der Waals surface area (Å²) in [7, 11) is 0. The minimum Gasteiger partial charge on any atom is -0.506 e. The fraction of sp³-hybridized carbons (Fsp3) is 0.143. The lowest BCUT2D eigenvalue weighted by Gasteiger charge is -2.14. The van der Waals surface area contributed by atoms with Crippen molar-refractivity contribution in [1.29, 1.82) is 0 Å². The summed E-state index contributed by atoms with van der Waals surface area (Å²) in [5.41, 5.74) is 2.45. The zero-order chi connectivity index (χ0) is 14.3. The number of aromatic hydroxyl groups is 2. The van der Waals surface area contributed by atoms with Crippen LogP contribution in [0.1, 0.15) is 11.4 Å². The van der Waals surface area contributed by atoms with E-state index < -0.39 is 0 Å². The van der Waals surface area contributed by atoms with Crippen LogP contribution in [-0.4, -0.2) is 29.8 Å². The zero-order valence-electron chi connectivity index (χ0n) is 11.1. The molecule has 6 heteroatoms. The fourth-order valence-electron chi connectivity index (χ4n) is 2.14. The van der Waals surface area contributed by atoms with Gasteiger partial charge >= 0.3 is 0 Å². The number of phenolic OH excluding ortho intramolecular Hbond substituents is 2. The van der Waals surface area contributed by atoms with Crippen LogP contribution < -0.4 is 0 Å². The molecule has 0 amide bonds. The highest BCUT2D eigenvalue weighted by atomic mass is 16.3. The van der Waals surface area contributed by atoms with E-state index in [0.717, 1.165) is 11.4 Å². The summed E-state index contributed by atoms with van der Waals surface area (Å²) in [6, 6.07) is 6.51. The van der Waals surface area contributed by atoms with Gasteiger partial charge in [-0.25, -0.2) is 9.36 Å². The number of hydrogen-bond donors (Lipinski definition) is 2. The Morgan fingerprint density at radius 3 is 2.20 bits per heavy atom. The summed E-state index contributed by atoms with van der Waals surface area (Å²) in [5, 5.41) is 28.8. The second-order valence-electron chi connectivity index (χ2n) is 4.59. The van der Waals surface area contributed by atoms with Crippen molar-refractivity contribution >= 4 is 0 Å². The molecule has 0 bridgehead atoms. The zero-order valence-corrected chi connectivity index (χ0v) is 11.1. The molecular weight excluding hydrogens is 256 g/mol. The van der Waals surface area contributed by atoms with E-state index in [1.807, 2.05) is 26.0 Å². The van der Waals surface area contributed by atoms with E-state index in [4.69, 9.17) is 0 Å². The van der Waals surface area contributed by atoms with Crippen LogP contribution in [0.2, 0.25) is 0 Å². The standard InChI is InChI=1S/C14H14N4O2/c1-9-6-8-17(16-9)13-11(19)3-4-12(20)14(13)18-10(2)5-7-15-18/h3-8,19-20H,1-2H3. The second-order valence-corrected chi connectivity index (χ2v) is 4.59. The van der Waals surface area contributed by atoms with E-state index in [2.05, 4.69) is 10.2 Å². The number of aryl methyl sites for hydroxylation is 2. The summed E-state index contributed by atoms with van der Waals surface area (Å²) in [4.78, 5) is 0. The van der Waals surface area contributed by atoms with Crippen molar-refractivity contribution in [2.75, 3.05) is 0 Å². The Morgan fingerprint density at radius 1 is 0.950 bits per heavy atom. The Hall–Kier alpha value is -2.76. The van der Waals surface area contributed by atoms with Gasteiger partial charge in [0, 0.05) is 18.1 Å². The van der Waals surface area contributed by atoms with Gasteiger partial charge in [-0.1, -0.05) is 0 Å². The first-order valence-corrected chi connectivity index (χ1v) is 6.16. The molecule has 0 aliphatic carbocycles. The monoisotopic (exact) mass is 270 g/mol. The van der Waals surface area contributed by atoms with Gasteiger partial charge in [-0.05, 0) is 38.1 Å². The van der Waals surface area contributed by atoms with Crippen molar-refractivity contribution in [1.82, 2.24) is 19.6 Å². The topological polar surface area (TPSA) is 76.1 Å². The molecule has 0 aliphatic rings. The molecule has 3 rings (SSSR count). The van der Waals surface area contributed by atoms with Gasteiger partial charge < -0.3 is 10.2 Å². The summed E-state index contributed by atoms with van der Waals surface area (Å²) in [5.74, 6) is 0.0496. The lowest BCUT2D eigenvalue weighted by atomic mass is 10.2. The molecular formula is C14H14N4O2. The van der Waals surface area contributed by atoms with Crippen LogP contribution in [-0.2, 0) is 0 Å². The molecule has 2 N–H and O–H groups in total. The Morgan fingerprint density at radius 2 is 1.65 bits per heavy atom. The molecule has 0 saturated heterocycles.